The molecule has 1 aromatic rings. The second-order valence-corrected chi connectivity index (χ2v) is 2.60. The first-order valence-corrected chi connectivity index (χ1v) is 4.02. The third-order valence-electron chi connectivity index (χ3n) is 1.63. The highest BCUT2D eigenvalue weighted by Gasteiger charge is 2.24. The molecule has 0 amide bonds. The molecule has 0 bridgehead atoms. The molecule has 0 aliphatic carbocycles. The molecule has 0 aromatic heterocycles. The minimum Gasteiger partial charge on any atom is -0.504 e. The highest BCUT2D eigenvalue weighted by molar-refractivity contribution is 5.92. The molecule has 0 spiro atoms. The third kappa shape index (κ3) is 2.03. The summed E-state index contributed by atoms with van der Waals surface area (Å²) in [6.07, 6.45) is 0. The molecule has 15 heavy (non-hydrogen) atoms. The SMILES string of the molecule is CCOC(=O)c1c(F)cc(F)c(F)c1O. The van der Waals surface area contributed by atoms with Crippen LogP contribution in [-0.2, 0) is 4.74 Å². The lowest BCUT2D eigenvalue weighted by atomic mass is 10.1. The highest BCUT2D eigenvalue weighted by Crippen LogP contribution is 2.27. The molecule has 0 fully saturated rings. The normalized spacial score (nSPS) is 10.1. The average molecular weight is 220 g/mol. The van der Waals surface area contributed by atoms with Crippen LogP contribution >= 0.6 is 0 Å². The fraction of sp³-hybridized carbons (Fsp3) is 0.222. The summed E-state index contributed by atoms with van der Waals surface area (Å²) >= 11 is 0. The van der Waals surface area contributed by atoms with Crippen LogP contribution in [0.1, 0.15) is 17.3 Å². The van der Waals surface area contributed by atoms with E-state index in [1.54, 1.807) is 0 Å². The quantitative estimate of drug-likeness (QED) is 0.612. The first kappa shape index (κ1) is 11.4. The van der Waals surface area contributed by atoms with E-state index in [0.29, 0.717) is 0 Å². The summed E-state index contributed by atoms with van der Waals surface area (Å²) in [5, 5.41) is 9.00. The van der Waals surface area contributed by atoms with E-state index < -0.39 is 34.7 Å². The van der Waals surface area contributed by atoms with Crippen molar-refractivity contribution in [3.63, 3.8) is 0 Å². The Bertz CT molecular complexity index is 404. The molecule has 0 atom stereocenters. The third-order valence-corrected chi connectivity index (χ3v) is 1.63. The van der Waals surface area contributed by atoms with Crippen molar-refractivity contribution in [1.29, 1.82) is 0 Å². The molecule has 0 heterocycles. The van der Waals surface area contributed by atoms with Crippen LogP contribution in [-0.4, -0.2) is 17.7 Å². The molecule has 6 heteroatoms. The molecule has 3 nitrogen and oxygen atoms in total. The molecule has 1 N–H and O–H groups in total. The summed E-state index contributed by atoms with van der Waals surface area (Å²) in [6, 6.07) is 0.168. The predicted octanol–water partition coefficient (Wildman–Crippen LogP) is 1.99. The van der Waals surface area contributed by atoms with Crippen LogP contribution in [0.2, 0.25) is 0 Å². The molecule has 0 radical (unpaired) electrons. The lowest BCUT2D eigenvalue weighted by molar-refractivity contribution is 0.0516. The van der Waals surface area contributed by atoms with E-state index in [4.69, 9.17) is 5.11 Å². The molecule has 0 saturated heterocycles. The van der Waals surface area contributed by atoms with Crippen molar-refractivity contribution in [2.45, 2.75) is 6.92 Å². The second-order valence-electron chi connectivity index (χ2n) is 2.60. The number of rotatable bonds is 2. The van der Waals surface area contributed by atoms with Gasteiger partial charge in [0.2, 0.25) is 5.82 Å². The molecule has 82 valence electrons. The summed E-state index contributed by atoms with van der Waals surface area (Å²) in [4.78, 5) is 11.0. The molecule has 0 saturated carbocycles. The minimum absolute atomic E-state index is 0.0727. The second kappa shape index (κ2) is 4.20. The van der Waals surface area contributed by atoms with Gasteiger partial charge in [-0.1, -0.05) is 0 Å². The van der Waals surface area contributed by atoms with E-state index in [1.807, 2.05) is 0 Å². The monoisotopic (exact) mass is 220 g/mol. The van der Waals surface area contributed by atoms with Crippen molar-refractivity contribution in [2.75, 3.05) is 6.61 Å². The smallest absolute Gasteiger partial charge is 0.345 e. The number of esters is 1. The zero-order chi connectivity index (χ0) is 11.6. The number of halogens is 3. The number of aromatic hydroxyl groups is 1. The van der Waals surface area contributed by atoms with Crippen LogP contribution in [0.5, 0.6) is 5.75 Å². The topological polar surface area (TPSA) is 46.5 Å². The predicted molar refractivity (Wildman–Crippen MR) is 43.9 cm³/mol. The maximum atomic E-state index is 13.0. The number of benzene rings is 1. The maximum Gasteiger partial charge on any atom is 0.345 e. The Balaban J connectivity index is 3.29. The lowest BCUT2D eigenvalue weighted by Gasteiger charge is -2.06. The van der Waals surface area contributed by atoms with Gasteiger partial charge in [0.05, 0.1) is 6.61 Å². The van der Waals surface area contributed by atoms with Gasteiger partial charge in [-0.05, 0) is 6.92 Å². The fourth-order valence-electron chi connectivity index (χ4n) is 0.980. The summed E-state index contributed by atoms with van der Waals surface area (Å²) < 4.78 is 42.7. The zero-order valence-corrected chi connectivity index (χ0v) is 7.68. The fourth-order valence-corrected chi connectivity index (χ4v) is 0.980. The average Bonchev–Trinajstić information content (AvgIpc) is 2.15. The van der Waals surface area contributed by atoms with Crippen LogP contribution < -0.4 is 0 Å². The van der Waals surface area contributed by atoms with E-state index in [9.17, 15) is 18.0 Å². The standard InChI is InChI=1S/C9H7F3O3/c1-2-15-9(14)6-4(10)3-5(11)7(12)8(6)13/h3,13H,2H2,1H3. The Hall–Kier alpha value is -1.72. The van der Waals surface area contributed by atoms with E-state index in [-0.39, 0.29) is 12.7 Å². The van der Waals surface area contributed by atoms with Gasteiger partial charge in [0.15, 0.2) is 11.6 Å². The van der Waals surface area contributed by atoms with E-state index >= 15 is 0 Å². The van der Waals surface area contributed by atoms with Gasteiger partial charge < -0.3 is 9.84 Å². The minimum atomic E-state index is -1.68. The van der Waals surface area contributed by atoms with Crippen molar-refractivity contribution < 1.29 is 27.8 Å². The van der Waals surface area contributed by atoms with Gasteiger partial charge in [0, 0.05) is 6.07 Å². The van der Waals surface area contributed by atoms with Gasteiger partial charge in [0.1, 0.15) is 11.4 Å². The van der Waals surface area contributed by atoms with Gasteiger partial charge in [-0.25, -0.2) is 13.6 Å². The van der Waals surface area contributed by atoms with Gasteiger partial charge in [-0.15, -0.1) is 0 Å². The maximum absolute atomic E-state index is 13.0. The number of phenolic OH excluding ortho intramolecular Hbond substituents is 1. The zero-order valence-electron chi connectivity index (χ0n) is 7.68. The van der Waals surface area contributed by atoms with Crippen LogP contribution in [0.4, 0.5) is 13.2 Å². The van der Waals surface area contributed by atoms with Crippen LogP contribution in [0.25, 0.3) is 0 Å². The molecule has 0 aliphatic rings. The molecule has 1 aromatic carbocycles. The van der Waals surface area contributed by atoms with Gasteiger partial charge >= 0.3 is 5.97 Å². The molecule has 1 rings (SSSR count). The van der Waals surface area contributed by atoms with Crippen LogP contribution in [0.15, 0.2) is 6.07 Å². The summed E-state index contributed by atoms with van der Waals surface area (Å²) in [5.74, 6) is -7.25. The largest absolute Gasteiger partial charge is 0.504 e. The van der Waals surface area contributed by atoms with E-state index in [2.05, 4.69) is 4.74 Å². The van der Waals surface area contributed by atoms with Crippen molar-refractivity contribution in [3.05, 3.63) is 29.1 Å². The number of phenols is 1. The van der Waals surface area contributed by atoms with Gasteiger partial charge in [0.25, 0.3) is 0 Å². The number of carbonyl (C=O) groups is 1. The van der Waals surface area contributed by atoms with Gasteiger partial charge in [-0.2, -0.15) is 4.39 Å². The molecular weight excluding hydrogens is 213 g/mol. The number of carbonyl (C=O) groups excluding carboxylic acids is 1. The van der Waals surface area contributed by atoms with Crippen molar-refractivity contribution in [3.8, 4) is 5.75 Å². The summed E-state index contributed by atoms with van der Waals surface area (Å²) in [7, 11) is 0. The van der Waals surface area contributed by atoms with E-state index in [1.165, 1.54) is 6.92 Å². The molecule has 0 aliphatic heterocycles. The Morgan fingerprint density at radius 1 is 1.40 bits per heavy atom. The Labute approximate surface area is 83.1 Å². The summed E-state index contributed by atoms with van der Waals surface area (Å²) in [6.45, 7) is 1.38. The Kier molecular flexibility index (Phi) is 3.18. The Morgan fingerprint density at radius 3 is 2.53 bits per heavy atom. The first-order valence-electron chi connectivity index (χ1n) is 4.02. The number of ether oxygens (including phenoxy) is 1. The van der Waals surface area contributed by atoms with Crippen molar-refractivity contribution >= 4 is 5.97 Å². The first-order chi connectivity index (χ1) is 6.99. The number of hydrogen-bond donors (Lipinski definition) is 1. The van der Waals surface area contributed by atoms with Crippen molar-refractivity contribution in [1.82, 2.24) is 0 Å². The van der Waals surface area contributed by atoms with Crippen LogP contribution in [0, 0.1) is 17.5 Å². The number of hydrogen-bond acceptors (Lipinski definition) is 3. The van der Waals surface area contributed by atoms with Crippen molar-refractivity contribution in [2.24, 2.45) is 0 Å². The molecular formula is C9H7F3O3. The van der Waals surface area contributed by atoms with E-state index in [0.717, 1.165) is 0 Å². The highest BCUT2D eigenvalue weighted by atomic mass is 19.2. The summed E-state index contributed by atoms with van der Waals surface area (Å²) in [5.41, 5.74) is -1.00. The van der Waals surface area contributed by atoms with Gasteiger partial charge in [-0.3, -0.25) is 0 Å². The lowest BCUT2D eigenvalue weighted by Crippen LogP contribution is -2.09. The Morgan fingerprint density at radius 2 is 2.00 bits per heavy atom. The van der Waals surface area contributed by atoms with Crippen LogP contribution in [0.3, 0.4) is 0 Å². The molecule has 0 unspecified atom stereocenters.